The van der Waals surface area contributed by atoms with E-state index in [1.165, 1.54) is 14.0 Å². The van der Waals surface area contributed by atoms with Crippen molar-refractivity contribution in [2.45, 2.75) is 143 Å². The van der Waals surface area contributed by atoms with Crippen LogP contribution < -0.4 is 10.1 Å². The average Bonchev–Trinajstić information content (AvgIpc) is 3.55. The second-order valence-electron chi connectivity index (χ2n) is 17.0. The van der Waals surface area contributed by atoms with Gasteiger partial charge in [-0.2, -0.15) is 0 Å². The first kappa shape index (κ1) is 48.6. The van der Waals surface area contributed by atoms with Gasteiger partial charge in [-0.3, -0.25) is 14.4 Å². The Kier molecular flexibility index (Phi) is 17.6. The van der Waals surface area contributed by atoms with Crippen molar-refractivity contribution in [2.24, 2.45) is 17.8 Å². The minimum atomic E-state index is -1.78. The molecule has 2 aliphatic heterocycles. The lowest BCUT2D eigenvalue weighted by atomic mass is 9.80. The van der Waals surface area contributed by atoms with Crippen LogP contribution in [0.3, 0.4) is 0 Å². The van der Waals surface area contributed by atoms with E-state index in [0.29, 0.717) is 36.3 Å². The number of benzene rings is 1. The molecule has 5 N–H and O–H groups in total. The molecule has 2 heterocycles. The van der Waals surface area contributed by atoms with Gasteiger partial charge in [0, 0.05) is 36.7 Å². The van der Waals surface area contributed by atoms with Crippen molar-refractivity contribution in [1.29, 1.82) is 0 Å². The molecule has 1 aromatic carbocycles. The Hall–Kier alpha value is -3.76. The third-order valence-electron chi connectivity index (χ3n) is 11.7. The van der Waals surface area contributed by atoms with Crippen molar-refractivity contribution in [3.8, 4) is 11.5 Å². The molecule has 58 heavy (non-hydrogen) atoms. The number of likely N-dealkylation sites (N-methyl/N-ethyl adjacent to an activating group) is 1. The molecule has 0 bridgehead atoms. The number of allylic oxidation sites excluding steroid dienone is 2. The van der Waals surface area contributed by atoms with E-state index in [1.54, 1.807) is 34.6 Å². The first-order valence-electron chi connectivity index (χ1n) is 20.4. The van der Waals surface area contributed by atoms with Gasteiger partial charge in [-0.1, -0.05) is 32.4 Å². The van der Waals surface area contributed by atoms with Gasteiger partial charge in [-0.25, -0.2) is 4.79 Å². The Balaban J connectivity index is 1.56. The molecule has 15 heteroatoms. The van der Waals surface area contributed by atoms with Crippen LogP contribution in [-0.2, 0) is 46.4 Å². The monoisotopic (exact) mass is 820 g/mol. The third-order valence-corrected chi connectivity index (χ3v) is 11.7. The van der Waals surface area contributed by atoms with Crippen LogP contribution in [0.5, 0.6) is 11.5 Å². The van der Waals surface area contributed by atoms with Gasteiger partial charge in [0.1, 0.15) is 54.2 Å². The molecule has 9 atom stereocenters. The Labute approximate surface area is 343 Å². The van der Waals surface area contributed by atoms with Crippen molar-refractivity contribution < 1.29 is 63.3 Å². The van der Waals surface area contributed by atoms with E-state index in [9.17, 15) is 39.6 Å². The first-order chi connectivity index (χ1) is 27.1. The van der Waals surface area contributed by atoms with Gasteiger partial charge in [0.25, 0.3) is 0 Å². The zero-order valence-corrected chi connectivity index (χ0v) is 36.3. The summed E-state index contributed by atoms with van der Waals surface area (Å²) in [7, 11) is 3.34. The summed E-state index contributed by atoms with van der Waals surface area (Å²) >= 11 is 0. The molecule has 1 saturated heterocycles. The number of nitrogens with zero attached hydrogens (tertiary/aromatic N) is 1. The smallest absolute Gasteiger partial charge is 0.342 e. The topological polar surface area (TPSA) is 211 Å². The summed E-state index contributed by atoms with van der Waals surface area (Å²) in [4.78, 5) is 53.3. The number of aliphatic hydroxyl groups is 3. The average molecular weight is 821 g/mol. The molecule has 0 aliphatic carbocycles. The number of aromatic hydroxyl groups is 1. The van der Waals surface area contributed by atoms with Gasteiger partial charge >= 0.3 is 23.9 Å². The third kappa shape index (κ3) is 12.4. The highest BCUT2D eigenvalue weighted by atomic mass is 16.6. The lowest BCUT2D eigenvalue weighted by Gasteiger charge is -2.42. The minimum absolute atomic E-state index is 0.00350. The van der Waals surface area contributed by atoms with E-state index in [-0.39, 0.29) is 69.2 Å². The van der Waals surface area contributed by atoms with E-state index in [0.717, 1.165) is 11.1 Å². The van der Waals surface area contributed by atoms with Crippen molar-refractivity contribution in [3.05, 3.63) is 33.9 Å². The molecule has 1 fully saturated rings. The molecule has 15 nitrogen and oxygen atoms in total. The van der Waals surface area contributed by atoms with Crippen LogP contribution in [0.4, 0.5) is 0 Å². The molecule has 328 valence electrons. The summed E-state index contributed by atoms with van der Waals surface area (Å²) in [5, 5.41) is 47.9. The maximum absolute atomic E-state index is 13.6. The quantitative estimate of drug-likeness (QED) is 0.0827. The van der Waals surface area contributed by atoms with Crippen molar-refractivity contribution >= 4 is 23.9 Å². The van der Waals surface area contributed by atoms with Gasteiger partial charge < -0.3 is 54.3 Å². The Bertz CT molecular complexity index is 1640. The van der Waals surface area contributed by atoms with Crippen molar-refractivity contribution in [1.82, 2.24) is 10.2 Å². The van der Waals surface area contributed by atoms with E-state index >= 15 is 0 Å². The van der Waals surface area contributed by atoms with Crippen LogP contribution in [0.15, 0.2) is 11.6 Å². The largest absolute Gasteiger partial charge is 0.507 e. The summed E-state index contributed by atoms with van der Waals surface area (Å²) in [6, 6.07) is -0.488. The van der Waals surface area contributed by atoms with Gasteiger partial charge in [0.15, 0.2) is 0 Å². The van der Waals surface area contributed by atoms with Gasteiger partial charge in [-0.05, 0) is 98.1 Å². The fourth-order valence-corrected chi connectivity index (χ4v) is 8.39. The first-order valence-corrected chi connectivity index (χ1v) is 20.4. The summed E-state index contributed by atoms with van der Waals surface area (Å²) in [6.07, 6.45) is 0.199. The van der Waals surface area contributed by atoms with Crippen LogP contribution in [0, 0.1) is 24.7 Å². The molecule has 1 aromatic rings. The number of ether oxygens (including phenoxy) is 5. The van der Waals surface area contributed by atoms with Crippen LogP contribution in [0.25, 0.3) is 0 Å². The molecule has 2 aliphatic rings. The number of hydrogen-bond donors (Lipinski definition) is 5. The summed E-state index contributed by atoms with van der Waals surface area (Å²) < 4.78 is 27.7. The second-order valence-corrected chi connectivity index (χ2v) is 17.0. The van der Waals surface area contributed by atoms with E-state index in [1.807, 2.05) is 38.8 Å². The standard InChI is InChI=1S/C43H68N2O13/c1-12-32-43(9,53)39(49)29(7)45(10)22-25(3)19-42(8,52)20-26(4)37(28(6)40(50)57-32)58-34(47)21-44-17-18-55-33(46)16-14-24(2)13-15-30-36(48)35-31(23-56-41(35)51)27(5)38(30)54-11/h13,25-26,28-29,32,37,39,44,48-49,52-53H,12,14-23H2,1-11H3/b24-13+/t25-,26-,28-,29-,32-,37+,39-,42-,43-/m1/s1. The number of fused-ring (bicyclic) bond motifs is 1. The number of carbonyl (C=O) groups excluding carboxylic acids is 4. The number of methoxy groups -OCH3 is 1. The van der Waals surface area contributed by atoms with E-state index in [4.69, 9.17) is 23.7 Å². The lowest BCUT2D eigenvalue weighted by molar-refractivity contribution is -0.194. The summed E-state index contributed by atoms with van der Waals surface area (Å²) in [5.74, 6) is -3.50. The van der Waals surface area contributed by atoms with Gasteiger partial charge in [0.2, 0.25) is 0 Å². The number of nitrogens with one attached hydrogen (secondary N) is 1. The normalized spacial score (nSPS) is 30.4. The number of rotatable bonds is 13. The number of cyclic esters (lactones) is 2. The fraction of sp³-hybridized carbons (Fsp3) is 0.721. The molecule has 0 amide bonds. The molecule has 3 rings (SSSR count). The fourth-order valence-electron chi connectivity index (χ4n) is 8.39. The zero-order chi connectivity index (χ0) is 43.7. The molecule has 0 spiro atoms. The highest BCUT2D eigenvalue weighted by Crippen LogP contribution is 2.42. The predicted octanol–water partition coefficient (Wildman–Crippen LogP) is 3.90. The van der Waals surface area contributed by atoms with Gasteiger partial charge in [0.05, 0.1) is 25.2 Å². The van der Waals surface area contributed by atoms with Crippen LogP contribution in [0.1, 0.15) is 115 Å². The Morgan fingerprint density at radius 2 is 1.74 bits per heavy atom. The maximum atomic E-state index is 13.6. The second kappa shape index (κ2) is 21.0. The van der Waals surface area contributed by atoms with E-state index in [2.05, 4.69) is 5.32 Å². The van der Waals surface area contributed by atoms with Crippen LogP contribution in [-0.4, -0.2) is 125 Å². The molecule has 0 saturated carbocycles. The molecular formula is C43H68N2O13. The maximum Gasteiger partial charge on any atom is 0.342 e. The van der Waals surface area contributed by atoms with E-state index < -0.39 is 71.3 Å². The van der Waals surface area contributed by atoms with Crippen molar-refractivity contribution in [2.75, 3.05) is 40.4 Å². The Morgan fingerprint density at radius 1 is 1.07 bits per heavy atom. The molecular weight excluding hydrogens is 752 g/mol. The lowest BCUT2D eigenvalue weighted by Crippen LogP contribution is -2.59. The summed E-state index contributed by atoms with van der Waals surface area (Å²) in [6.45, 7) is 16.3. The van der Waals surface area contributed by atoms with Gasteiger partial charge in [-0.15, -0.1) is 0 Å². The number of phenols is 1. The number of carbonyl (C=O) groups is 4. The predicted molar refractivity (Wildman–Crippen MR) is 215 cm³/mol. The summed E-state index contributed by atoms with van der Waals surface area (Å²) in [5.41, 5.74) is -0.121. The zero-order valence-electron chi connectivity index (χ0n) is 36.3. The highest BCUT2D eigenvalue weighted by molar-refractivity contribution is 5.98. The number of hydrogen-bond acceptors (Lipinski definition) is 15. The number of aliphatic hydroxyl groups excluding tert-OH is 1. The number of phenolic OH excluding ortho intramolecular Hbond substituents is 1. The highest BCUT2D eigenvalue weighted by Gasteiger charge is 2.46. The molecule has 0 aromatic heterocycles. The molecule has 0 unspecified atom stereocenters. The number of esters is 4. The Morgan fingerprint density at radius 3 is 2.38 bits per heavy atom. The van der Waals surface area contributed by atoms with Crippen LogP contribution >= 0.6 is 0 Å². The molecule has 0 radical (unpaired) electrons. The van der Waals surface area contributed by atoms with Crippen molar-refractivity contribution in [3.63, 3.8) is 0 Å². The minimum Gasteiger partial charge on any atom is -0.507 e. The SMILES string of the molecule is CC[C@H]1OC(=O)[C@H](C)[C@@H](OC(=O)CNCCOC(=O)CC/C(C)=C/Cc2c(O)c3c(c(C)c2OC)COC3=O)[C@H](C)C[C@](C)(O)C[C@@H](C)CN(C)[C@H](C)[C@@H](O)[C@]1(C)O. The van der Waals surface area contributed by atoms with Crippen LogP contribution in [0.2, 0.25) is 0 Å².